The van der Waals surface area contributed by atoms with Crippen molar-refractivity contribution in [2.45, 2.75) is 26.7 Å². The minimum Gasteiger partial charge on any atom is -0.274 e. The lowest BCUT2D eigenvalue weighted by Crippen LogP contribution is -2.30. The number of amides is 2. The Hall–Kier alpha value is -1.64. The van der Waals surface area contributed by atoms with Crippen LogP contribution in [0, 0.1) is 37.0 Å². The molecule has 0 spiro atoms. The number of hydrogen-bond donors (Lipinski definition) is 0. The number of carbonyl (C=O) groups is 2. The van der Waals surface area contributed by atoms with Crippen LogP contribution in [0.1, 0.15) is 28.8 Å². The second-order valence-corrected chi connectivity index (χ2v) is 7.08. The Bertz CT molecular complexity index is 729. The predicted octanol–water partition coefficient (Wildman–Crippen LogP) is 3.26. The van der Waals surface area contributed by atoms with Gasteiger partial charge in [-0.15, -0.1) is 11.3 Å². The van der Waals surface area contributed by atoms with E-state index in [1.165, 1.54) is 16.2 Å². The summed E-state index contributed by atoms with van der Waals surface area (Å²) in [5.74, 6) is -1.16. The van der Waals surface area contributed by atoms with E-state index in [0.717, 1.165) is 10.4 Å². The number of allylic oxidation sites excluding steroid dienone is 2. The molecular formula is C15H13ClN2O2S. The van der Waals surface area contributed by atoms with Crippen LogP contribution in [-0.4, -0.2) is 11.8 Å². The lowest BCUT2D eigenvalue weighted by molar-refractivity contribution is -0.122. The fourth-order valence-electron chi connectivity index (χ4n) is 2.93. The Balaban J connectivity index is 2.06. The highest BCUT2D eigenvalue weighted by atomic mass is 35.5. The van der Waals surface area contributed by atoms with E-state index < -0.39 is 0 Å². The summed E-state index contributed by atoms with van der Waals surface area (Å²) in [5.41, 5.74) is 1.26. The summed E-state index contributed by atoms with van der Waals surface area (Å²) in [7, 11) is 0. The normalized spacial score (nSPS) is 24.9. The first-order chi connectivity index (χ1) is 9.95. The van der Waals surface area contributed by atoms with Crippen LogP contribution >= 0.6 is 22.9 Å². The maximum atomic E-state index is 12.6. The van der Waals surface area contributed by atoms with Gasteiger partial charge in [-0.05, 0) is 32.3 Å². The molecule has 0 radical (unpaired) electrons. The fraction of sp³-hybridized carbons (Fsp3) is 0.400. The number of carbonyl (C=O) groups excluding carboxylic acids is 2. The van der Waals surface area contributed by atoms with Gasteiger partial charge in [0.25, 0.3) is 0 Å². The van der Waals surface area contributed by atoms with Crippen molar-refractivity contribution in [2.75, 3.05) is 4.90 Å². The lowest BCUT2D eigenvalue weighted by Gasteiger charge is -2.17. The van der Waals surface area contributed by atoms with Crippen LogP contribution in [0.4, 0.5) is 5.00 Å². The Morgan fingerprint density at radius 3 is 2.67 bits per heavy atom. The third-order valence-corrected chi connectivity index (χ3v) is 5.75. The van der Waals surface area contributed by atoms with E-state index in [0.29, 0.717) is 28.4 Å². The Morgan fingerprint density at radius 1 is 1.33 bits per heavy atom. The van der Waals surface area contributed by atoms with Crippen molar-refractivity contribution in [3.05, 3.63) is 27.1 Å². The predicted molar refractivity (Wildman–Crippen MR) is 81.2 cm³/mol. The molecule has 6 heteroatoms. The van der Waals surface area contributed by atoms with Gasteiger partial charge >= 0.3 is 0 Å². The zero-order valence-corrected chi connectivity index (χ0v) is 13.2. The van der Waals surface area contributed by atoms with Crippen molar-refractivity contribution in [1.29, 1.82) is 5.26 Å². The van der Waals surface area contributed by atoms with Crippen LogP contribution < -0.4 is 4.90 Å². The van der Waals surface area contributed by atoms with Crippen LogP contribution in [0.25, 0.3) is 0 Å². The number of halogens is 1. The van der Waals surface area contributed by atoms with E-state index in [1.54, 1.807) is 0 Å². The largest absolute Gasteiger partial charge is 0.274 e. The summed E-state index contributed by atoms with van der Waals surface area (Å²) in [6, 6.07) is 2.12. The van der Waals surface area contributed by atoms with Gasteiger partial charge in [-0.25, -0.2) is 4.90 Å². The molecule has 1 fully saturated rings. The van der Waals surface area contributed by atoms with Crippen molar-refractivity contribution in [3.8, 4) is 6.07 Å². The smallest absolute Gasteiger partial charge is 0.238 e. The summed E-state index contributed by atoms with van der Waals surface area (Å²) in [5, 5.41) is 10.4. The van der Waals surface area contributed by atoms with Crippen LogP contribution in [0.15, 0.2) is 11.1 Å². The third kappa shape index (κ3) is 2.02. The molecule has 0 bridgehead atoms. The molecule has 0 saturated carbocycles. The second kappa shape index (κ2) is 4.97. The third-order valence-electron chi connectivity index (χ3n) is 4.25. The molecule has 21 heavy (non-hydrogen) atoms. The minimum atomic E-state index is -0.385. The Labute approximate surface area is 131 Å². The summed E-state index contributed by atoms with van der Waals surface area (Å²) < 4.78 is 0. The number of rotatable bonds is 1. The molecule has 1 aliphatic carbocycles. The van der Waals surface area contributed by atoms with Crippen molar-refractivity contribution in [1.82, 2.24) is 0 Å². The van der Waals surface area contributed by atoms with Gasteiger partial charge in [0.2, 0.25) is 11.8 Å². The zero-order chi connectivity index (χ0) is 15.3. The van der Waals surface area contributed by atoms with E-state index in [9.17, 15) is 14.9 Å². The SMILES string of the molecule is Cc1sc(N2C(=O)[C@H]3CC(Cl)=CC[C@H]3C2=O)c(C#N)c1C. The van der Waals surface area contributed by atoms with Crippen molar-refractivity contribution in [3.63, 3.8) is 0 Å². The number of hydrogen-bond acceptors (Lipinski definition) is 4. The quantitative estimate of drug-likeness (QED) is 0.746. The number of nitrogens with zero attached hydrogens (tertiary/aromatic N) is 2. The van der Waals surface area contributed by atoms with E-state index in [4.69, 9.17) is 11.6 Å². The van der Waals surface area contributed by atoms with Crippen LogP contribution in [0.5, 0.6) is 0 Å². The molecule has 3 rings (SSSR count). The van der Waals surface area contributed by atoms with Gasteiger partial charge in [0.1, 0.15) is 11.1 Å². The zero-order valence-electron chi connectivity index (χ0n) is 11.6. The summed E-state index contributed by atoms with van der Waals surface area (Å²) in [6.07, 6.45) is 2.72. The second-order valence-electron chi connectivity index (χ2n) is 5.39. The van der Waals surface area contributed by atoms with Crippen LogP contribution in [0.3, 0.4) is 0 Å². The molecule has 4 nitrogen and oxygen atoms in total. The number of fused-ring (bicyclic) bond motifs is 1. The summed E-state index contributed by atoms with van der Waals surface area (Å²) in [4.78, 5) is 27.3. The van der Waals surface area contributed by atoms with E-state index in [-0.39, 0.29) is 23.7 Å². The number of thiophene rings is 1. The average molecular weight is 321 g/mol. The molecule has 0 aromatic carbocycles. The first kappa shape index (κ1) is 14.3. The Morgan fingerprint density at radius 2 is 2.00 bits per heavy atom. The molecule has 2 atom stereocenters. The van der Waals surface area contributed by atoms with Gasteiger partial charge in [0.05, 0.1) is 17.4 Å². The van der Waals surface area contributed by atoms with Gasteiger partial charge < -0.3 is 0 Å². The summed E-state index contributed by atoms with van der Waals surface area (Å²) >= 11 is 7.34. The lowest BCUT2D eigenvalue weighted by atomic mass is 9.85. The number of aryl methyl sites for hydroxylation is 1. The van der Waals surface area contributed by atoms with Crippen LogP contribution in [0.2, 0.25) is 0 Å². The molecule has 2 amide bonds. The molecule has 0 N–H and O–H groups in total. The van der Waals surface area contributed by atoms with E-state index in [2.05, 4.69) is 6.07 Å². The molecule has 2 aliphatic rings. The summed E-state index contributed by atoms with van der Waals surface area (Å²) in [6.45, 7) is 3.73. The fourth-order valence-corrected chi connectivity index (χ4v) is 4.30. The maximum absolute atomic E-state index is 12.6. The topological polar surface area (TPSA) is 61.2 Å². The monoisotopic (exact) mass is 320 g/mol. The van der Waals surface area contributed by atoms with Gasteiger partial charge in [-0.2, -0.15) is 5.26 Å². The number of nitriles is 1. The highest BCUT2D eigenvalue weighted by Crippen LogP contribution is 2.44. The van der Waals surface area contributed by atoms with Crippen LogP contribution in [-0.2, 0) is 9.59 Å². The molecule has 1 aliphatic heterocycles. The minimum absolute atomic E-state index is 0.205. The number of imide groups is 1. The van der Waals surface area contributed by atoms with Gasteiger partial charge in [-0.3, -0.25) is 9.59 Å². The average Bonchev–Trinajstić information content (AvgIpc) is 2.86. The Kier molecular flexibility index (Phi) is 3.39. The maximum Gasteiger partial charge on any atom is 0.238 e. The molecule has 0 unspecified atom stereocenters. The molecular weight excluding hydrogens is 308 g/mol. The van der Waals surface area contributed by atoms with Gasteiger partial charge in [-0.1, -0.05) is 17.7 Å². The van der Waals surface area contributed by atoms with Gasteiger partial charge in [0, 0.05) is 9.91 Å². The molecule has 1 aromatic heterocycles. The highest BCUT2D eigenvalue weighted by molar-refractivity contribution is 7.17. The number of anilines is 1. The standard InChI is InChI=1S/C15H13ClN2O2S/c1-7-8(2)21-15(12(7)6-17)18-13(19)10-4-3-9(16)5-11(10)14(18)20/h3,10-11H,4-5H2,1-2H3/t10-,11+/m1/s1. The van der Waals surface area contributed by atoms with Crippen molar-refractivity contribution >= 4 is 39.8 Å². The molecule has 108 valence electrons. The first-order valence-corrected chi connectivity index (χ1v) is 7.87. The van der Waals surface area contributed by atoms with E-state index >= 15 is 0 Å². The van der Waals surface area contributed by atoms with Crippen molar-refractivity contribution in [2.24, 2.45) is 11.8 Å². The van der Waals surface area contributed by atoms with Crippen molar-refractivity contribution < 1.29 is 9.59 Å². The molecule has 2 heterocycles. The highest BCUT2D eigenvalue weighted by Gasteiger charge is 2.50. The molecule has 1 aromatic rings. The molecule has 1 saturated heterocycles. The van der Waals surface area contributed by atoms with E-state index in [1.807, 2.05) is 19.9 Å². The first-order valence-electron chi connectivity index (χ1n) is 6.68. The van der Waals surface area contributed by atoms with Gasteiger partial charge in [0.15, 0.2) is 0 Å².